The van der Waals surface area contributed by atoms with Gasteiger partial charge in [0.2, 0.25) is 0 Å². The molecule has 1 aromatic carbocycles. The van der Waals surface area contributed by atoms with Crippen LogP contribution in [0.4, 0.5) is 0 Å². The zero-order valence-corrected chi connectivity index (χ0v) is 19.6. The average Bonchev–Trinajstić information content (AvgIpc) is 3.37. The van der Waals surface area contributed by atoms with Crippen molar-refractivity contribution in [1.82, 2.24) is 19.3 Å². The quantitative estimate of drug-likeness (QED) is 0.201. The van der Waals surface area contributed by atoms with E-state index in [0.717, 1.165) is 5.56 Å². The summed E-state index contributed by atoms with van der Waals surface area (Å²) in [5, 5.41) is 11.5. The number of hydrogen-bond donors (Lipinski definition) is 1. The van der Waals surface area contributed by atoms with Crippen molar-refractivity contribution in [2.75, 3.05) is 7.11 Å². The summed E-state index contributed by atoms with van der Waals surface area (Å²) in [6.45, 7) is 1.83. The number of aliphatic hydroxyl groups is 1. The van der Waals surface area contributed by atoms with Crippen LogP contribution >= 0.6 is 0 Å². The van der Waals surface area contributed by atoms with Gasteiger partial charge in [0, 0.05) is 25.1 Å². The molecule has 1 N–H and O–H groups in total. The van der Waals surface area contributed by atoms with Crippen LogP contribution in [-0.2, 0) is 20.9 Å². The molecule has 9 heteroatoms. The molecule has 1 amide bonds. The Morgan fingerprint density at radius 2 is 1.86 bits per heavy atom. The number of rotatable bonds is 5. The van der Waals surface area contributed by atoms with Gasteiger partial charge in [-0.15, -0.1) is 0 Å². The summed E-state index contributed by atoms with van der Waals surface area (Å²) in [4.78, 5) is 48.5. The van der Waals surface area contributed by atoms with Gasteiger partial charge in [-0.25, -0.2) is 9.78 Å². The highest BCUT2D eigenvalue weighted by Gasteiger charge is 2.46. The number of aryl methyl sites for hydroxylation is 1. The van der Waals surface area contributed by atoms with Gasteiger partial charge in [0.15, 0.2) is 5.76 Å². The number of nitrogens with zero attached hydrogens (tertiary/aromatic N) is 4. The number of pyridine rings is 2. The number of hydrogen-bond acceptors (Lipinski definition) is 7. The van der Waals surface area contributed by atoms with E-state index >= 15 is 0 Å². The van der Waals surface area contributed by atoms with Gasteiger partial charge in [-0.2, -0.15) is 0 Å². The Balaban J connectivity index is 1.69. The highest BCUT2D eigenvalue weighted by molar-refractivity contribution is 6.46. The van der Waals surface area contributed by atoms with Gasteiger partial charge in [0.05, 0.1) is 30.0 Å². The molecule has 36 heavy (non-hydrogen) atoms. The Hall–Kier alpha value is -4.79. The van der Waals surface area contributed by atoms with Gasteiger partial charge in [-0.3, -0.25) is 19.0 Å². The lowest BCUT2D eigenvalue weighted by Crippen LogP contribution is -2.29. The number of ether oxygens (including phenoxy) is 1. The first-order valence-electron chi connectivity index (χ1n) is 11.2. The molecule has 0 saturated carbocycles. The second-order valence-corrected chi connectivity index (χ2v) is 8.38. The van der Waals surface area contributed by atoms with Crippen LogP contribution in [0.25, 0.3) is 11.4 Å². The lowest BCUT2D eigenvalue weighted by atomic mass is 9.95. The first kappa shape index (κ1) is 23.0. The molecule has 4 heterocycles. The fraction of sp³-hybridized carbons (Fsp3) is 0.148. The number of ketones is 1. The SMILES string of the molecule is COC(=O)c1ccc(C2/C(=C(\O)c3c(C)nc4ccccn34)C(=O)C(=O)N2Cc2cccnc2)cc1. The van der Waals surface area contributed by atoms with E-state index in [9.17, 15) is 19.5 Å². The number of imidazole rings is 1. The van der Waals surface area contributed by atoms with Gasteiger partial charge >= 0.3 is 5.97 Å². The van der Waals surface area contributed by atoms with Crippen molar-refractivity contribution >= 4 is 29.1 Å². The van der Waals surface area contributed by atoms with E-state index in [2.05, 4.69) is 9.97 Å². The number of benzene rings is 1. The molecule has 1 aliphatic heterocycles. The minimum atomic E-state index is -0.898. The van der Waals surface area contributed by atoms with Crippen LogP contribution in [0.1, 0.15) is 38.9 Å². The van der Waals surface area contributed by atoms with E-state index in [1.165, 1.54) is 12.0 Å². The van der Waals surface area contributed by atoms with Gasteiger partial charge in [0.1, 0.15) is 11.3 Å². The first-order chi connectivity index (χ1) is 17.4. The minimum absolute atomic E-state index is 0.0524. The van der Waals surface area contributed by atoms with Crippen molar-refractivity contribution in [3.05, 3.63) is 107 Å². The van der Waals surface area contributed by atoms with E-state index in [4.69, 9.17) is 4.74 Å². The zero-order chi connectivity index (χ0) is 25.4. The lowest BCUT2D eigenvalue weighted by molar-refractivity contribution is -0.140. The highest BCUT2D eigenvalue weighted by atomic mass is 16.5. The van der Waals surface area contributed by atoms with Crippen LogP contribution in [0.3, 0.4) is 0 Å². The molecule has 0 bridgehead atoms. The summed E-state index contributed by atoms with van der Waals surface area (Å²) in [7, 11) is 1.29. The molecule has 1 aliphatic rings. The van der Waals surface area contributed by atoms with Crippen LogP contribution in [0, 0.1) is 6.92 Å². The maximum atomic E-state index is 13.4. The number of amides is 1. The molecular formula is C27H22N4O5. The molecule has 0 radical (unpaired) electrons. The average molecular weight is 482 g/mol. The van der Waals surface area contributed by atoms with Gasteiger partial charge in [-0.05, 0) is 48.4 Å². The van der Waals surface area contributed by atoms with Crippen molar-refractivity contribution in [2.45, 2.75) is 19.5 Å². The van der Waals surface area contributed by atoms with Crippen molar-refractivity contribution in [2.24, 2.45) is 0 Å². The summed E-state index contributed by atoms with van der Waals surface area (Å²) in [6.07, 6.45) is 4.97. The van der Waals surface area contributed by atoms with Crippen LogP contribution in [0.15, 0.2) is 78.8 Å². The Labute approximate surface area is 206 Å². The first-order valence-corrected chi connectivity index (χ1v) is 11.2. The number of fused-ring (bicyclic) bond motifs is 1. The maximum Gasteiger partial charge on any atom is 0.337 e. The molecule has 5 rings (SSSR count). The molecule has 4 aromatic rings. The van der Waals surface area contributed by atoms with Crippen LogP contribution in [-0.4, -0.2) is 49.1 Å². The normalized spacial score (nSPS) is 17.1. The molecule has 0 spiro atoms. The molecule has 1 fully saturated rings. The Morgan fingerprint density at radius 3 is 2.56 bits per heavy atom. The number of carbonyl (C=O) groups is 3. The van der Waals surface area contributed by atoms with E-state index in [1.54, 1.807) is 78.4 Å². The van der Waals surface area contributed by atoms with Gasteiger partial charge < -0.3 is 14.7 Å². The molecule has 1 unspecified atom stereocenters. The lowest BCUT2D eigenvalue weighted by Gasteiger charge is -2.25. The maximum absolute atomic E-state index is 13.4. The monoisotopic (exact) mass is 482 g/mol. The minimum Gasteiger partial charge on any atom is -0.505 e. The molecule has 9 nitrogen and oxygen atoms in total. The second-order valence-electron chi connectivity index (χ2n) is 8.38. The fourth-order valence-corrected chi connectivity index (χ4v) is 4.52. The van der Waals surface area contributed by atoms with E-state index in [-0.39, 0.29) is 17.9 Å². The van der Waals surface area contributed by atoms with E-state index in [1.807, 2.05) is 6.07 Å². The number of aliphatic hydroxyl groups excluding tert-OH is 1. The number of aromatic nitrogens is 3. The van der Waals surface area contributed by atoms with Crippen LogP contribution in [0.5, 0.6) is 0 Å². The van der Waals surface area contributed by atoms with Crippen molar-refractivity contribution in [3.63, 3.8) is 0 Å². The summed E-state index contributed by atoms with van der Waals surface area (Å²) >= 11 is 0. The van der Waals surface area contributed by atoms with E-state index in [0.29, 0.717) is 28.2 Å². The van der Waals surface area contributed by atoms with Gasteiger partial charge in [-0.1, -0.05) is 24.3 Å². The summed E-state index contributed by atoms with van der Waals surface area (Å²) in [5.74, 6) is -2.37. The van der Waals surface area contributed by atoms with Gasteiger partial charge in [0.25, 0.3) is 11.7 Å². The van der Waals surface area contributed by atoms with Crippen molar-refractivity contribution < 1.29 is 24.2 Å². The topological polar surface area (TPSA) is 114 Å². The molecule has 0 aliphatic carbocycles. The third kappa shape index (κ3) is 3.80. The fourth-order valence-electron chi connectivity index (χ4n) is 4.52. The molecular weight excluding hydrogens is 460 g/mol. The number of Topliss-reactive ketones (excluding diaryl/α,β-unsaturated/α-hetero) is 1. The Morgan fingerprint density at radius 1 is 1.08 bits per heavy atom. The second kappa shape index (κ2) is 9.10. The number of methoxy groups -OCH3 is 1. The number of esters is 1. The predicted octanol–water partition coefficient (Wildman–Crippen LogP) is 3.45. The van der Waals surface area contributed by atoms with Crippen LogP contribution < -0.4 is 0 Å². The molecule has 1 saturated heterocycles. The largest absolute Gasteiger partial charge is 0.505 e. The third-order valence-corrected chi connectivity index (χ3v) is 6.19. The third-order valence-electron chi connectivity index (χ3n) is 6.19. The predicted molar refractivity (Wildman–Crippen MR) is 130 cm³/mol. The van der Waals surface area contributed by atoms with E-state index < -0.39 is 23.7 Å². The smallest absolute Gasteiger partial charge is 0.337 e. The summed E-state index contributed by atoms with van der Waals surface area (Å²) < 4.78 is 6.45. The standard InChI is InChI=1S/C27H22N4O5/c1-16-22(30-13-4-3-7-20(30)29-16)24(32)21-23(18-8-10-19(11-9-18)27(35)36-2)31(26(34)25(21)33)15-17-6-5-12-28-14-17/h3-14,23,32H,15H2,1-2H3/b24-21+. The molecule has 180 valence electrons. The van der Waals surface area contributed by atoms with Crippen molar-refractivity contribution in [1.29, 1.82) is 0 Å². The molecule has 1 atom stereocenters. The zero-order valence-electron chi connectivity index (χ0n) is 19.6. The van der Waals surface area contributed by atoms with Crippen molar-refractivity contribution in [3.8, 4) is 0 Å². The Kier molecular flexibility index (Phi) is 5.81. The summed E-state index contributed by atoms with van der Waals surface area (Å²) in [5.41, 5.74) is 2.99. The Bertz CT molecular complexity index is 1520. The number of carbonyl (C=O) groups excluding carboxylic acids is 3. The summed E-state index contributed by atoms with van der Waals surface area (Å²) in [6, 6.07) is 14.5. The van der Waals surface area contributed by atoms with Crippen LogP contribution in [0.2, 0.25) is 0 Å². The highest BCUT2D eigenvalue weighted by Crippen LogP contribution is 2.40. The number of likely N-dealkylation sites (tertiary alicyclic amines) is 1. The molecule has 3 aromatic heterocycles.